The molecule has 2 aliphatic heterocycles. The first kappa shape index (κ1) is 25.7. The van der Waals surface area contributed by atoms with E-state index in [0.29, 0.717) is 38.0 Å². The molecule has 1 aromatic carbocycles. The van der Waals surface area contributed by atoms with Crippen LogP contribution in [0.3, 0.4) is 0 Å². The largest absolute Gasteiger partial charge is 0.598 e. The van der Waals surface area contributed by atoms with Crippen LogP contribution in [0, 0.1) is 11.7 Å². The molecule has 1 aliphatic carbocycles. The first-order chi connectivity index (χ1) is 16.4. The fourth-order valence-corrected chi connectivity index (χ4v) is 5.93. The molecule has 11 heteroatoms. The lowest BCUT2D eigenvalue weighted by atomic mass is 9.82. The number of aryl methyl sites for hydroxylation is 1. The van der Waals surface area contributed by atoms with E-state index in [1.807, 2.05) is 0 Å². The third kappa shape index (κ3) is 4.87. The van der Waals surface area contributed by atoms with E-state index >= 15 is 4.39 Å². The molecule has 4 amide bonds. The van der Waals surface area contributed by atoms with E-state index in [9.17, 15) is 23.7 Å². The maximum absolute atomic E-state index is 15.1. The van der Waals surface area contributed by atoms with E-state index in [0.717, 1.165) is 4.90 Å². The number of benzene rings is 1. The smallest absolute Gasteiger partial charge is 0.331 e. The average Bonchev–Trinajstić information content (AvgIpc) is 3.12. The molecule has 2 saturated heterocycles. The molecule has 2 fully saturated rings. The molecule has 3 atom stereocenters. The fourth-order valence-electron chi connectivity index (χ4n) is 4.99. The molecule has 190 valence electrons. The quantitative estimate of drug-likeness (QED) is 0.444. The second-order valence-corrected chi connectivity index (χ2v) is 12.2. The van der Waals surface area contributed by atoms with Crippen LogP contribution in [0.4, 0.5) is 9.18 Å². The molecule has 0 radical (unpaired) electrons. The van der Waals surface area contributed by atoms with Crippen LogP contribution in [0.5, 0.6) is 0 Å². The fraction of sp³-hybridized carbons (Fsp3) is 0.583. The molecule has 0 bridgehead atoms. The van der Waals surface area contributed by atoms with E-state index in [1.54, 1.807) is 32.9 Å². The number of fused-ring (bicyclic) bond motifs is 1. The number of hydrogen-bond donors (Lipinski definition) is 2. The minimum atomic E-state index is -1.74. The number of Topliss-reactive ketones (excluding diaryl/α,β-unsaturated/α-hetero) is 1. The summed E-state index contributed by atoms with van der Waals surface area (Å²) in [7, 11) is 0. The Morgan fingerprint density at radius 1 is 1.29 bits per heavy atom. The molecule has 0 aromatic heterocycles. The van der Waals surface area contributed by atoms with Crippen LogP contribution in [0.15, 0.2) is 18.2 Å². The molecule has 3 aliphatic rings. The third-order valence-corrected chi connectivity index (χ3v) is 8.48. The Kier molecular flexibility index (Phi) is 7.07. The number of ether oxygens (including phenoxy) is 1. The van der Waals surface area contributed by atoms with Crippen LogP contribution in [0.25, 0.3) is 0 Å². The minimum Gasteiger partial charge on any atom is -0.598 e. The second kappa shape index (κ2) is 9.61. The van der Waals surface area contributed by atoms with Gasteiger partial charge in [0.05, 0.1) is 5.54 Å². The third-order valence-electron chi connectivity index (χ3n) is 6.79. The zero-order valence-corrected chi connectivity index (χ0v) is 20.8. The average molecular weight is 508 g/mol. The second-order valence-electron chi connectivity index (χ2n) is 10.3. The molecular formula is C24H30FN3O6S. The Hall–Kier alpha value is -2.34. The van der Waals surface area contributed by atoms with Crippen molar-refractivity contribution in [3.05, 3.63) is 35.1 Å². The van der Waals surface area contributed by atoms with Gasteiger partial charge in [-0.3, -0.25) is 24.6 Å². The van der Waals surface area contributed by atoms with Crippen molar-refractivity contribution >= 4 is 35.0 Å². The molecule has 0 saturated carbocycles. The first-order valence-electron chi connectivity index (χ1n) is 11.7. The summed E-state index contributed by atoms with van der Waals surface area (Å²) in [6.45, 7) is 5.96. The summed E-state index contributed by atoms with van der Waals surface area (Å²) in [6.07, 6.45) is 1.09. The van der Waals surface area contributed by atoms with E-state index in [1.165, 1.54) is 6.07 Å². The van der Waals surface area contributed by atoms with Gasteiger partial charge in [0, 0.05) is 42.6 Å². The van der Waals surface area contributed by atoms with Crippen molar-refractivity contribution in [3.63, 3.8) is 0 Å². The van der Waals surface area contributed by atoms with Crippen LogP contribution in [-0.2, 0) is 42.4 Å². The summed E-state index contributed by atoms with van der Waals surface area (Å²) in [5.74, 6) is -4.93. The number of hydrogen-bond acceptors (Lipinski definition) is 7. The molecule has 35 heavy (non-hydrogen) atoms. The zero-order chi connectivity index (χ0) is 25.5. The van der Waals surface area contributed by atoms with Crippen LogP contribution in [0.2, 0.25) is 0 Å². The van der Waals surface area contributed by atoms with Crippen molar-refractivity contribution in [3.8, 4) is 0 Å². The predicted octanol–water partition coefficient (Wildman–Crippen LogP) is 1.85. The lowest BCUT2D eigenvalue weighted by Gasteiger charge is -2.38. The number of urea groups is 1. The number of amides is 4. The van der Waals surface area contributed by atoms with E-state index in [2.05, 4.69) is 10.0 Å². The number of halogens is 1. The molecule has 2 N–H and O–H groups in total. The number of nitrogens with one attached hydrogen (secondary N) is 2. The number of carbonyl (C=O) groups excluding carboxylic acids is 4. The van der Waals surface area contributed by atoms with Crippen molar-refractivity contribution < 1.29 is 32.9 Å². The van der Waals surface area contributed by atoms with Gasteiger partial charge in [-0.1, -0.05) is 12.1 Å². The van der Waals surface area contributed by atoms with Gasteiger partial charge in [0.2, 0.25) is 5.91 Å². The minimum absolute atomic E-state index is 0.229. The normalized spacial score (nSPS) is 26.5. The summed E-state index contributed by atoms with van der Waals surface area (Å²) >= 11 is -1.67. The topological polar surface area (TPSA) is 128 Å². The first-order valence-corrected chi connectivity index (χ1v) is 12.9. The van der Waals surface area contributed by atoms with Gasteiger partial charge in [0.15, 0.2) is 11.7 Å². The highest BCUT2D eigenvalue weighted by Crippen LogP contribution is 2.43. The van der Waals surface area contributed by atoms with Gasteiger partial charge in [0.25, 0.3) is 5.91 Å². The summed E-state index contributed by atoms with van der Waals surface area (Å²) in [5, 5.41) is 2.13. The summed E-state index contributed by atoms with van der Waals surface area (Å²) in [5.41, 5.74) is -0.455. The van der Waals surface area contributed by atoms with Crippen LogP contribution in [0.1, 0.15) is 57.6 Å². The summed E-state index contributed by atoms with van der Waals surface area (Å²) in [6, 6.07) is 3.26. The van der Waals surface area contributed by atoms with Crippen molar-refractivity contribution in [2.45, 2.75) is 69.2 Å². The highest BCUT2D eigenvalue weighted by atomic mass is 32.2. The van der Waals surface area contributed by atoms with Gasteiger partial charge >= 0.3 is 6.03 Å². The van der Waals surface area contributed by atoms with Crippen molar-refractivity contribution in [2.75, 3.05) is 13.2 Å². The Morgan fingerprint density at radius 3 is 2.63 bits per heavy atom. The molecule has 9 nitrogen and oxygen atoms in total. The molecule has 1 aromatic rings. The standard InChI is InChI=1S/C24H30FN3O6S/c1-23(2,3)35(33)27-24(10-7-14-5-4-6-16(25)19(14)24)13-17(29)18-20(30)26-22(32)28(21(18)31)15-8-11-34-12-9-15/h4-6,15,18,27H,7-13H2,1-3H3,(H,26,30,32)/t18-,24+,35-/m0/s1. The predicted molar refractivity (Wildman–Crippen MR) is 125 cm³/mol. The number of rotatable bonds is 6. The molecule has 2 heterocycles. The SMILES string of the molecule is CC(C)(C)[S@+]([O-])N[C@@]1(CC(=O)[C@H]2C(=O)NC(=O)N(C3CCOCC3)C2=O)CCc2cccc(F)c21. The number of barbiturate groups is 1. The maximum atomic E-state index is 15.1. The zero-order valence-electron chi connectivity index (χ0n) is 20.0. The van der Waals surface area contributed by atoms with Gasteiger partial charge in [-0.15, -0.1) is 4.72 Å². The molecule has 0 spiro atoms. The number of nitrogens with zero attached hydrogens (tertiary/aromatic N) is 1. The van der Waals surface area contributed by atoms with Crippen LogP contribution < -0.4 is 10.0 Å². The molecule has 0 unspecified atom stereocenters. The van der Waals surface area contributed by atoms with Crippen molar-refractivity contribution in [2.24, 2.45) is 5.92 Å². The van der Waals surface area contributed by atoms with E-state index in [-0.39, 0.29) is 12.0 Å². The lowest BCUT2D eigenvalue weighted by molar-refractivity contribution is -0.150. The van der Waals surface area contributed by atoms with E-state index < -0.39 is 69.5 Å². The number of carbonyl (C=O) groups is 4. The van der Waals surface area contributed by atoms with Crippen molar-refractivity contribution in [1.82, 2.24) is 14.9 Å². The lowest BCUT2D eigenvalue weighted by Crippen LogP contribution is -2.63. The van der Waals surface area contributed by atoms with E-state index in [4.69, 9.17) is 4.74 Å². The van der Waals surface area contributed by atoms with Crippen molar-refractivity contribution in [1.29, 1.82) is 0 Å². The monoisotopic (exact) mass is 507 g/mol. The summed E-state index contributed by atoms with van der Waals surface area (Å²) < 4.78 is 35.7. The van der Waals surface area contributed by atoms with Gasteiger partial charge in [-0.25, -0.2) is 9.18 Å². The number of ketones is 1. The number of imide groups is 2. The van der Waals surface area contributed by atoms with Crippen LogP contribution in [-0.4, -0.2) is 57.1 Å². The Morgan fingerprint density at radius 2 is 1.97 bits per heavy atom. The van der Waals surface area contributed by atoms with Gasteiger partial charge in [0.1, 0.15) is 10.6 Å². The van der Waals surface area contributed by atoms with Crippen LogP contribution >= 0.6 is 0 Å². The maximum Gasteiger partial charge on any atom is 0.331 e. The van der Waals surface area contributed by atoms with Gasteiger partial charge < -0.3 is 9.29 Å². The Bertz CT molecular complexity index is 1050. The van der Waals surface area contributed by atoms with Gasteiger partial charge in [-0.05, 0) is 58.1 Å². The Balaban J connectivity index is 1.66. The molecule has 4 rings (SSSR count). The summed E-state index contributed by atoms with van der Waals surface area (Å²) in [4.78, 5) is 52.9. The highest BCUT2D eigenvalue weighted by molar-refractivity contribution is 7.90. The Labute approximate surface area is 206 Å². The van der Waals surface area contributed by atoms with Gasteiger partial charge in [-0.2, -0.15) is 0 Å². The highest BCUT2D eigenvalue weighted by Gasteiger charge is 2.53. The molecular weight excluding hydrogens is 477 g/mol.